The maximum Gasteiger partial charge on any atom is 0.313 e. The highest BCUT2D eigenvalue weighted by Crippen LogP contribution is 2.24. The summed E-state index contributed by atoms with van der Waals surface area (Å²) in [5.41, 5.74) is 1.87. The van der Waals surface area contributed by atoms with Crippen LogP contribution in [0.5, 0.6) is 5.75 Å². The number of nitrogens with zero attached hydrogens (tertiary/aromatic N) is 1. The predicted octanol–water partition coefficient (Wildman–Crippen LogP) is 2.79. The van der Waals surface area contributed by atoms with Gasteiger partial charge >= 0.3 is 5.97 Å². The average molecular weight is 351 g/mol. The summed E-state index contributed by atoms with van der Waals surface area (Å²) in [5.74, 6) is -1.49. The van der Waals surface area contributed by atoms with Gasteiger partial charge in [-0.15, -0.1) is 0 Å². The fourth-order valence-electron chi connectivity index (χ4n) is 2.83. The highest BCUT2D eigenvalue weighted by molar-refractivity contribution is 6.21. The molecular weight excluding hydrogens is 334 g/mol. The molecule has 0 saturated carbocycles. The smallest absolute Gasteiger partial charge is 0.313 e. The van der Waals surface area contributed by atoms with Gasteiger partial charge in [0.1, 0.15) is 5.75 Å². The standard InChI is InChI=1S/C20H17NO5/c1-12-7-8-17(16(11-12)13(2)22)26-18(23)9-10-21-19(24)14-5-3-4-6-15(14)20(21)25/h3-8,11H,9-10H2,1-2H3. The fraction of sp³-hybridized carbons (Fsp3) is 0.200. The van der Waals surface area contributed by atoms with Gasteiger partial charge in [-0.25, -0.2) is 0 Å². The van der Waals surface area contributed by atoms with Crippen LogP contribution in [0.15, 0.2) is 42.5 Å². The van der Waals surface area contributed by atoms with E-state index in [-0.39, 0.29) is 24.5 Å². The van der Waals surface area contributed by atoms with Crippen molar-refractivity contribution < 1.29 is 23.9 Å². The number of ether oxygens (including phenoxy) is 1. The Bertz CT molecular complexity index is 897. The van der Waals surface area contributed by atoms with Crippen molar-refractivity contribution in [3.63, 3.8) is 0 Å². The lowest BCUT2D eigenvalue weighted by Crippen LogP contribution is -2.32. The van der Waals surface area contributed by atoms with Crippen LogP contribution in [0, 0.1) is 6.92 Å². The van der Waals surface area contributed by atoms with Crippen molar-refractivity contribution in [2.75, 3.05) is 6.54 Å². The number of carbonyl (C=O) groups excluding carboxylic acids is 4. The Hall–Kier alpha value is -3.28. The minimum atomic E-state index is -0.618. The zero-order valence-corrected chi connectivity index (χ0v) is 14.4. The van der Waals surface area contributed by atoms with E-state index in [0.29, 0.717) is 16.7 Å². The molecule has 132 valence electrons. The lowest BCUT2D eigenvalue weighted by atomic mass is 10.1. The molecule has 0 saturated heterocycles. The van der Waals surface area contributed by atoms with Crippen LogP contribution in [0.1, 0.15) is 50.0 Å². The molecule has 1 aliphatic heterocycles. The second kappa shape index (κ2) is 6.92. The number of ketones is 1. The quantitative estimate of drug-likeness (QED) is 0.358. The molecule has 0 N–H and O–H groups in total. The van der Waals surface area contributed by atoms with Crippen LogP contribution in [0.4, 0.5) is 0 Å². The van der Waals surface area contributed by atoms with Gasteiger partial charge in [-0.05, 0) is 38.1 Å². The number of fused-ring (bicyclic) bond motifs is 1. The molecule has 6 nitrogen and oxygen atoms in total. The second-order valence-corrected chi connectivity index (χ2v) is 6.09. The predicted molar refractivity (Wildman–Crippen MR) is 93.2 cm³/mol. The topological polar surface area (TPSA) is 80.8 Å². The molecule has 0 bridgehead atoms. The Morgan fingerprint density at radius 1 is 1.00 bits per heavy atom. The number of hydrogen-bond donors (Lipinski definition) is 0. The van der Waals surface area contributed by atoms with E-state index in [9.17, 15) is 19.2 Å². The van der Waals surface area contributed by atoms with E-state index in [1.54, 1.807) is 42.5 Å². The minimum absolute atomic E-state index is 0.0769. The van der Waals surface area contributed by atoms with Crippen LogP contribution < -0.4 is 4.74 Å². The van der Waals surface area contributed by atoms with Crippen LogP contribution in [-0.2, 0) is 4.79 Å². The number of esters is 1. The van der Waals surface area contributed by atoms with Crippen LogP contribution in [0.3, 0.4) is 0 Å². The molecular formula is C20H17NO5. The van der Waals surface area contributed by atoms with E-state index in [4.69, 9.17) is 4.74 Å². The molecule has 6 heteroatoms. The van der Waals surface area contributed by atoms with E-state index in [1.165, 1.54) is 6.92 Å². The molecule has 2 aromatic rings. The second-order valence-electron chi connectivity index (χ2n) is 6.09. The van der Waals surface area contributed by atoms with Gasteiger partial charge in [0, 0.05) is 6.54 Å². The van der Waals surface area contributed by atoms with E-state index < -0.39 is 17.8 Å². The molecule has 1 aliphatic rings. The molecule has 0 radical (unpaired) electrons. The lowest BCUT2D eigenvalue weighted by molar-refractivity contribution is -0.134. The minimum Gasteiger partial charge on any atom is -0.426 e. The average Bonchev–Trinajstić information content (AvgIpc) is 2.86. The van der Waals surface area contributed by atoms with Crippen molar-refractivity contribution in [3.05, 3.63) is 64.7 Å². The Morgan fingerprint density at radius 3 is 2.19 bits per heavy atom. The fourth-order valence-corrected chi connectivity index (χ4v) is 2.83. The summed E-state index contributed by atoms with van der Waals surface area (Å²) in [4.78, 5) is 49.4. The summed E-state index contributed by atoms with van der Waals surface area (Å²) >= 11 is 0. The van der Waals surface area contributed by atoms with E-state index in [0.717, 1.165) is 10.5 Å². The van der Waals surface area contributed by atoms with E-state index >= 15 is 0 Å². The molecule has 0 fully saturated rings. The third-order valence-corrected chi connectivity index (χ3v) is 4.16. The van der Waals surface area contributed by atoms with Crippen molar-refractivity contribution in [2.24, 2.45) is 0 Å². The van der Waals surface area contributed by atoms with Gasteiger partial charge in [-0.3, -0.25) is 24.1 Å². The lowest BCUT2D eigenvalue weighted by Gasteiger charge is -2.14. The number of imide groups is 1. The SMILES string of the molecule is CC(=O)c1cc(C)ccc1OC(=O)CCN1C(=O)c2ccccc2C1=O. The van der Waals surface area contributed by atoms with Crippen molar-refractivity contribution in [1.29, 1.82) is 0 Å². The normalized spacial score (nSPS) is 12.9. The zero-order chi connectivity index (χ0) is 18.8. The molecule has 0 aromatic heterocycles. The first-order valence-corrected chi connectivity index (χ1v) is 8.16. The van der Waals surface area contributed by atoms with Gasteiger partial charge in [0.15, 0.2) is 5.78 Å². The molecule has 0 aliphatic carbocycles. The summed E-state index contributed by atoms with van der Waals surface area (Å²) in [7, 11) is 0. The largest absolute Gasteiger partial charge is 0.426 e. The summed E-state index contributed by atoms with van der Waals surface area (Å²) in [6, 6.07) is 11.5. The van der Waals surface area contributed by atoms with Gasteiger partial charge < -0.3 is 4.74 Å². The number of aryl methyl sites for hydroxylation is 1. The molecule has 0 atom stereocenters. The van der Waals surface area contributed by atoms with Gasteiger partial charge in [-0.1, -0.05) is 23.8 Å². The summed E-state index contributed by atoms with van der Waals surface area (Å²) in [6.07, 6.45) is -0.156. The summed E-state index contributed by atoms with van der Waals surface area (Å²) in [6.45, 7) is 3.15. The van der Waals surface area contributed by atoms with Crippen LogP contribution in [0.25, 0.3) is 0 Å². The Labute approximate surface area is 150 Å². The number of amides is 2. The number of carbonyl (C=O) groups is 4. The molecule has 0 unspecified atom stereocenters. The number of Topliss-reactive ketones (excluding diaryl/α,β-unsaturated/α-hetero) is 1. The Kier molecular flexibility index (Phi) is 4.67. The number of hydrogen-bond acceptors (Lipinski definition) is 5. The Balaban J connectivity index is 1.67. The zero-order valence-electron chi connectivity index (χ0n) is 14.4. The third-order valence-electron chi connectivity index (χ3n) is 4.16. The maximum atomic E-state index is 12.3. The van der Waals surface area contributed by atoms with Crippen molar-refractivity contribution in [1.82, 2.24) is 4.90 Å². The van der Waals surface area contributed by atoms with Gasteiger partial charge in [0.2, 0.25) is 0 Å². The van der Waals surface area contributed by atoms with Crippen LogP contribution in [0.2, 0.25) is 0 Å². The Morgan fingerprint density at radius 2 is 1.62 bits per heavy atom. The first-order chi connectivity index (χ1) is 12.4. The highest BCUT2D eigenvalue weighted by Gasteiger charge is 2.35. The van der Waals surface area contributed by atoms with Gasteiger partial charge in [0.05, 0.1) is 23.1 Å². The van der Waals surface area contributed by atoms with Crippen LogP contribution in [-0.4, -0.2) is 35.0 Å². The molecule has 0 spiro atoms. The van der Waals surface area contributed by atoms with Crippen molar-refractivity contribution in [2.45, 2.75) is 20.3 Å². The first-order valence-electron chi connectivity index (χ1n) is 8.16. The number of rotatable bonds is 5. The molecule has 3 rings (SSSR count). The van der Waals surface area contributed by atoms with E-state index in [2.05, 4.69) is 0 Å². The third kappa shape index (κ3) is 3.26. The number of benzene rings is 2. The van der Waals surface area contributed by atoms with Crippen LogP contribution >= 0.6 is 0 Å². The van der Waals surface area contributed by atoms with E-state index in [1.807, 2.05) is 6.92 Å². The van der Waals surface area contributed by atoms with Crippen molar-refractivity contribution in [3.8, 4) is 5.75 Å². The van der Waals surface area contributed by atoms with Gasteiger partial charge in [0.25, 0.3) is 11.8 Å². The summed E-state index contributed by atoms with van der Waals surface area (Å²) < 4.78 is 5.26. The highest BCUT2D eigenvalue weighted by atomic mass is 16.5. The van der Waals surface area contributed by atoms with Gasteiger partial charge in [-0.2, -0.15) is 0 Å². The maximum absolute atomic E-state index is 12.3. The molecule has 2 aromatic carbocycles. The molecule has 26 heavy (non-hydrogen) atoms. The first kappa shape index (κ1) is 17.5. The monoisotopic (exact) mass is 351 g/mol. The molecule has 1 heterocycles. The molecule has 2 amide bonds. The summed E-state index contributed by atoms with van der Waals surface area (Å²) in [5, 5.41) is 0. The van der Waals surface area contributed by atoms with Crippen molar-refractivity contribution >= 4 is 23.6 Å².